The van der Waals surface area contributed by atoms with Gasteiger partial charge in [0.15, 0.2) is 0 Å². The Labute approximate surface area is 115 Å². The molecule has 0 radical (unpaired) electrons. The predicted molar refractivity (Wildman–Crippen MR) is 71.9 cm³/mol. The highest BCUT2D eigenvalue weighted by Crippen LogP contribution is 2.28. The molecule has 3 unspecified atom stereocenters. The number of benzene rings is 1. The van der Waals surface area contributed by atoms with E-state index in [-0.39, 0.29) is 11.7 Å². The van der Waals surface area contributed by atoms with Crippen LogP contribution in [-0.2, 0) is 11.2 Å². The minimum atomic E-state index is -0.443. The summed E-state index contributed by atoms with van der Waals surface area (Å²) in [5, 5.41) is 10.3. The Morgan fingerprint density at radius 3 is 3.06 bits per heavy atom. The van der Waals surface area contributed by atoms with Crippen molar-refractivity contribution in [1.29, 1.82) is 0 Å². The fourth-order valence-corrected chi connectivity index (χ4v) is 2.95. The molecule has 1 aromatic rings. The zero-order valence-corrected chi connectivity index (χ0v) is 12.0. The molecule has 1 aliphatic rings. The number of hydrogen-bond acceptors (Lipinski definition) is 2. The van der Waals surface area contributed by atoms with E-state index in [0.29, 0.717) is 25.6 Å². The molecule has 4 heteroatoms. The molecule has 1 aliphatic heterocycles. The Hall–Kier alpha value is -0.450. The van der Waals surface area contributed by atoms with Gasteiger partial charge in [-0.3, -0.25) is 0 Å². The maximum Gasteiger partial charge on any atom is 0.123 e. The third-order valence-corrected chi connectivity index (χ3v) is 4.41. The van der Waals surface area contributed by atoms with Gasteiger partial charge in [0.1, 0.15) is 5.82 Å². The van der Waals surface area contributed by atoms with Gasteiger partial charge in [-0.15, -0.1) is 0 Å². The molecular weight excluding hydrogens is 299 g/mol. The van der Waals surface area contributed by atoms with Gasteiger partial charge in [0.05, 0.1) is 6.10 Å². The van der Waals surface area contributed by atoms with Gasteiger partial charge in [0, 0.05) is 17.7 Å². The van der Waals surface area contributed by atoms with Crippen molar-refractivity contribution in [2.75, 3.05) is 13.2 Å². The van der Waals surface area contributed by atoms with E-state index in [2.05, 4.69) is 22.9 Å². The number of hydrogen-bond donors (Lipinski definition) is 1. The maximum absolute atomic E-state index is 13.2. The van der Waals surface area contributed by atoms with E-state index < -0.39 is 6.10 Å². The predicted octanol–water partition coefficient (Wildman–Crippen LogP) is 3.16. The van der Waals surface area contributed by atoms with Crippen molar-refractivity contribution < 1.29 is 14.2 Å². The van der Waals surface area contributed by atoms with Gasteiger partial charge in [-0.2, -0.15) is 0 Å². The number of aliphatic hydroxyl groups excluding tert-OH is 1. The van der Waals surface area contributed by atoms with E-state index in [4.69, 9.17) is 4.74 Å². The van der Waals surface area contributed by atoms with Crippen LogP contribution >= 0.6 is 15.9 Å². The Morgan fingerprint density at radius 2 is 2.33 bits per heavy atom. The van der Waals surface area contributed by atoms with Crippen LogP contribution in [0.15, 0.2) is 22.7 Å². The van der Waals surface area contributed by atoms with Gasteiger partial charge in [0.25, 0.3) is 0 Å². The van der Waals surface area contributed by atoms with Crippen LogP contribution < -0.4 is 0 Å². The average molecular weight is 317 g/mol. The Kier molecular flexibility index (Phi) is 4.76. The average Bonchev–Trinajstić information content (AvgIpc) is 2.34. The van der Waals surface area contributed by atoms with Gasteiger partial charge < -0.3 is 9.84 Å². The van der Waals surface area contributed by atoms with Crippen molar-refractivity contribution in [1.82, 2.24) is 0 Å². The van der Waals surface area contributed by atoms with E-state index in [1.165, 1.54) is 12.1 Å². The van der Waals surface area contributed by atoms with Crippen LogP contribution in [0.5, 0.6) is 0 Å². The zero-order chi connectivity index (χ0) is 13.1. The van der Waals surface area contributed by atoms with Crippen LogP contribution in [0, 0.1) is 17.7 Å². The molecule has 3 atom stereocenters. The zero-order valence-electron chi connectivity index (χ0n) is 10.4. The molecule has 1 saturated heterocycles. The molecule has 0 spiro atoms. The molecule has 0 aromatic heterocycles. The van der Waals surface area contributed by atoms with Gasteiger partial charge in [-0.1, -0.05) is 22.9 Å². The van der Waals surface area contributed by atoms with Crippen LogP contribution in [0.1, 0.15) is 18.9 Å². The van der Waals surface area contributed by atoms with Crippen LogP contribution in [-0.4, -0.2) is 24.4 Å². The lowest BCUT2D eigenvalue weighted by Crippen LogP contribution is -2.35. The first kappa shape index (κ1) is 14.0. The smallest absolute Gasteiger partial charge is 0.123 e. The minimum Gasteiger partial charge on any atom is -0.392 e. The summed E-state index contributed by atoms with van der Waals surface area (Å²) in [5.74, 6) is 0.315. The lowest BCUT2D eigenvalue weighted by atomic mass is 9.83. The van der Waals surface area contributed by atoms with Gasteiger partial charge in [0.2, 0.25) is 0 Å². The summed E-state index contributed by atoms with van der Waals surface area (Å²) in [6.07, 6.45) is 0.907. The normalized spacial score (nSPS) is 26.0. The van der Waals surface area contributed by atoms with Crippen LogP contribution in [0.25, 0.3) is 0 Å². The van der Waals surface area contributed by atoms with Crippen LogP contribution in [0.3, 0.4) is 0 Å². The molecule has 1 fully saturated rings. The van der Waals surface area contributed by atoms with E-state index in [1.54, 1.807) is 6.07 Å². The van der Waals surface area contributed by atoms with Crippen molar-refractivity contribution in [3.63, 3.8) is 0 Å². The van der Waals surface area contributed by atoms with Crippen molar-refractivity contribution in [2.45, 2.75) is 25.9 Å². The first-order valence-electron chi connectivity index (χ1n) is 6.27. The second-order valence-electron chi connectivity index (χ2n) is 5.01. The van der Waals surface area contributed by atoms with Crippen LogP contribution in [0.4, 0.5) is 4.39 Å². The van der Waals surface area contributed by atoms with E-state index in [1.807, 2.05) is 0 Å². The second kappa shape index (κ2) is 6.13. The third-order valence-electron chi connectivity index (χ3n) is 3.64. The molecule has 0 aliphatic carbocycles. The van der Waals surface area contributed by atoms with Gasteiger partial charge in [-0.05, 0) is 48.4 Å². The molecular formula is C14H18BrFO2. The van der Waals surface area contributed by atoms with E-state index in [0.717, 1.165) is 16.5 Å². The largest absolute Gasteiger partial charge is 0.392 e. The fourth-order valence-electron chi connectivity index (χ4n) is 2.54. The summed E-state index contributed by atoms with van der Waals surface area (Å²) in [4.78, 5) is 0. The topological polar surface area (TPSA) is 29.5 Å². The van der Waals surface area contributed by atoms with Crippen LogP contribution in [0.2, 0.25) is 0 Å². The summed E-state index contributed by atoms with van der Waals surface area (Å²) in [7, 11) is 0. The molecule has 1 heterocycles. The molecule has 2 rings (SSSR count). The minimum absolute atomic E-state index is 0.230. The summed E-state index contributed by atoms with van der Waals surface area (Å²) in [6.45, 7) is 3.50. The standard InChI is InChI=1S/C14H18BrFO2/c1-9-8-18-5-4-12(9)14(17)7-10-6-11(16)2-3-13(10)15/h2-3,6,9,12,14,17H,4-5,7-8H2,1H3. The lowest BCUT2D eigenvalue weighted by molar-refractivity contribution is -0.0295. The van der Waals surface area contributed by atoms with E-state index >= 15 is 0 Å². The summed E-state index contributed by atoms with van der Waals surface area (Å²) >= 11 is 3.40. The highest BCUT2D eigenvalue weighted by Gasteiger charge is 2.28. The highest BCUT2D eigenvalue weighted by molar-refractivity contribution is 9.10. The number of aliphatic hydroxyl groups is 1. The maximum atomic E-state index is 13.2. The summed E-state index contributed by atoms with van der Waals surface area (Å²) in [5.41, 5.74) is 0.821. The number of rotatable bonds is 3. The third kappa shape index (κ3) is 3.31. The van der Waals surface area contributed by atoms with Crippen molar-refractivity contribution in [3.05, 3.63) is 34.1 Å². The number of halogens is 2. The summed E-state index contributed by atoms with van der Waals surface area (Å²) < 4.78 is 19.4. The SMILES string of the molecule is CC1COCCC1C(O)Cc1cc(F)ccc1Br. The Bertz CT molecular complexity index is 411. The van der Waals surface area contributed by atoms with Crippen molar-refractivity contribution in [3.8, 4) is 0 Å². The molecule has 1 N–H and O–H groups in total. The molecule has 0 amide bonds. The Morgan fingerprint density at radius 1 is 1.56 bits per heavy atom. The van der Waals surface area contributed by atoms with Crippen molar-refractivity contribution in [2.24, 2.45) is 11.8 Å². The molecule has 2 nitrogen and oxygen atoms in total. The first-order chi connectivity index (χ1) is 8.58. The van der Waals surface area contributed by atoms with E-state index in [9.17, 15) is 9.50 Å². The molecule has 18 heavy (non-hydrogen) atoms. The number of ether oxygens (including phenoxy) is 1. The molecule has 100 valence electrons. The van der Waals surface area contributed by atoms with Gasteiger partial charge in [-0.25, -0.2) is 4.39 Å². The monoisotopic (exact) mass is 316 g/mol. The summed E-state index contributed by atoms with van der Waals surface area (Å²) in [6, 6.07) is 4.58. The highest BCUT2D eigenvalue weighted by atomic mass is 79.9. The van der Waals surface area contributed by atoms with Gasteiger partial charge >= 0.3 is 0 Å². The quantitative estimate of drug-likeness (QED) is 0.928. The molecule has 1 aromatic carbocycles. The van der Waals surface area contributed by atoms with Crippen molar-refractivity contribution >= 4 is 15.9 Å². The molecule has 0 saturated carbocycles. The molecule has 0 bridgehead atoms. The Balaban J connectivity index is 2.05. The fraction of sp³-hybridized carbons (Fsp3) is 0.571. The lowest BCUT2D eigenvalue weighted by Gasteiger charge is -2.32. The second-order valence-corrected chi connectivity index (χ2v) is 5.87. The first-order valence-corrected chi connectivity index (χ1v) is 7.07.